The standard InChI is InChI=1S/C24H33O9P/c1-21(2)32-19-10-16-15-6-5-13-9-14(25)7-8-22(13,3)20(15)17(26)11-23(16,4)24(19,33-21)18(27)12-31-34(28,29)30/h7-9,15-17,19-20,26H,5-6,10-12H2,1-4H3,(H2,28,29,30). The normalized spacial score (nSPS) is 46.9. The fourth-order valence-corrected chi connectivity index (χ4v) is 8.46. The summed E-state index contributed by atoms with van der Waals surface area (Å²) in [5, 5.41) is 11.6. The molecule has 0 amide bonds. The summed E-state index contributed by atoms with van der Waals surface area (Å²) in [5.41, 5.74) is -1.72. The van der Waals surface area contributed by atoms with E-state index in [0.29, 0.717) is 6.42 Å². The Labute approximate surface area is 198 Å². The van der Waals surface area contributed by atoms with Crippen molar-refractivity contribution in [1.29, 1.82) is 0 Å². The van der Waals surface area contributed by atoms with Crippen molar-refractivity contribution >= 4 is 19.4 Å². The maximum absolute atomic E-state index is 13.6. The number of rotatable bonds is 4. The Hall–Kier alpha value is -1.19. The number of carbonyl (C=O) groups excluding carboxylic acids is 2. The third-order valence-corrected chi connectivity index (χ3v) is 9.73. The van der Waals surface area contributed by atoms with Crippen molar-refractivity contribution in [2.75, 3.05) is 6.61 Å². The number of carbonyl (C=O) groups is 2. The van der Waals surface area contributed by atoms with Gasteiger partial charge in [-0.3, -0.25) is 14.1 Å². The molecule has 8 atom stereocenters. The van der Waals surface area contributed by atoms with Crippen molar-refractivity contribution in [3.8, 4) is 0 Å². The van der Waals surface area contributed by atoms with E-state index in [2.05, 4.69) is 11.4 Å². The molecule has 188 valence electrons. The van der Waals surface area contributed by atoms with Crippen LogP contribution in [0.4, 0.5) is 0 Å². The number of phosphoric acid groups is 1. The van der Waals surface area contributed by atoms with Crippen LogP contribution in [0.15, 0.2) is 23.8 Å². The molecule has 3 saturated carbocycles. The van der Waals surface area contributed by atoms with Gasteiger partial charge in [0.25, 0.3) is 0 Å². The molecule has 0 radical (unpaired) electrons. The van der Waals surface area contributed by atoms with Gasteiger partial charge in [0.05, 0.1) is 12.2 Å². The number of allylic oxidation sites excluding steroid dienone is 4. The van der Waals surface area contributed by atoms with Crippen molar-refractivity contribution < 1.29 is 43.0 Å². The number of aliphatic hydroxyl groups is 1. The monoisotopic (exact) mass is 496 g/mol. The van der Waals surface area contributed by atoms with Gasteiger partial charge in [-0.25, -0.2) is 4.57 Å². The van der Waals surface area contributed by atoms with Gasteiger partial charge < -0.3 is 24.4 Å². The summed E-state index contributed by atoms with van der Waals surface area (Å²) in [4.78, 5) is 44.0. The summed E-state index contributed by atoms with van der Waals surface area (Å²) in [6.07, 6.45) is 6.11. The highest BCUT2D eigenvalue weighted by molar-refractivity contribution is 7.46. The van der Waals surface area contributed by atoms with Crippen molar-refractivity contribution in [2.24, 2.45) is 28.6 Å². The second-order valence-corrected chi connectivity index (χ2v) is 12.7. The largest absolute Gasteiger partial charge is 0.470 e. The van der Waals surface area contributed by atoms with Gasteiger partial charge in [-0.15, -0.1) is 0 Å². The van der Waals surface area contributed by atoms with E-state index in [1.807, 2.05) is 13.0 Å². The lowest BCUT2D eigenvalue weighted by atomic mass is 9.46. The van der Waals surface area contributed by atoms with Gasteiger partial charge in [-0.2, -0.15) is 0 Å². The Morgan fingerprint density at radius 2 is 1.97 bits per heavy atom. The minimum absolute atomic E-state index is 0.0228. The van der Waals surface area contributed by atoms with Crippen LogP contribution in [-0.4, -0.2) is 56.7 Å². The van der Waals surface area contributed by atoms with Gasteiger partial charge in [-0.1, -0.05) is 25.5 Å². The van der Waals surface area contributed by atoms with E-state index in [-0.39, 0.29) is 30.0 Å². The van der Waals surface area contributed by atoms with Gasteiger partial charge in [0.2, 0.25) is 0 Å². The van der Waals surface area contributed by atoms with E-state index in [0.717, 1.165) is 18.4 Å². The second-order valence-electron chi connectivity index (χ2n) is 11.5. The SMILES string of the molecule is CC1(C)OC2CC3C4CCC5=CC(=O)C=CC5(C)C4C(O)CC3(C)C2(C(=O)COP(=O)(O)O)O1. The second kappa shape index (κ2) is 7.42. The Kier molecular flexibility index (Phi) is 5.34. The number of aliphatic hydroxyl groups excluding tert-OH is 1. The highest BCUT2D eigenvalue weighted by atomic mass is 31.2. The van der Waals surface area contributed by atoms with Crippen LogP contribution in [0.1, 0.15) is 53.4 Å². The number of phosphoric ester groups is 1. The quantitative estimate of drug-likeness (QED) is 0.501. The molecule has 8 unspecified atom stereocenters. The highest BCUT2D eigenvalue weighted by Crippen LogP contribution is 2.70. The minimum Gasteiger partial charge on any atom is -0.393 e. The predicted molar refractivity (Wildman–Crippen MR) is 119 cm³/mol. The molecule has 4 aliphatic carbocycles. The maximum atomic E-state index is 13.6. The van der Waals surface area contributed by atoms with Crippen molar-refractivity contribution in [2.45, 2.75) is 77.0 Å². The van der Waals surface area contributed by atoms with E-state index in [4.69, 9.17) is 9.47 Å². The van der Waals surface area contributed by atoms with E-state index in [1.165, 1.54) is 0 Å². The van der Waals surface area contributed by atoms with Crippen LogP contribution in [0, 0.1) is 28.6 Å². The Morgan fingerprint density at radius 3 is 2.65 bits per heavy atom. The molecule has 1 heterocycles. The van der Waals surface area contributed by atoms with Crippen LogP contribution in [0.5, 0.6) is 0 Å². The number of hydrogen-bond acceptors (Lipinski definition) is 7. The molecule has 5 aliphatic rings. The van der Waals surface area contributed by atoms with Crippen LogP contribution >= 0.6 is 7.82 Å². The maximum Gasteiger partial charge on any atom is 0.470 e. The predicted octanol–water partition coefficient (Wildman–Crippen LogP) is 2.44. The lowest BCUT2D eigenvalue weighted by Crippen LogP contribution is -2.64. The molecule has 4 fully saturated rings. The summed E-state index contributed by atoms with van der Waals surface area (Å²) >= 11 is 0. The first-order valence-corrected chi connectivity index (χ1v) is 13.4. The molecule has 5 rings (SSSR count). The average Bonchev–Trinajstić information content (AvgIpc) is 3.12. The van der Waals surface area contributed by atoms with E-state index in [1.54, 1.807) is 26.0 Å². The minimum atomic E-state index is -4.86. The van der Waals surface area contributed by atoms with Crippen LogP contribution in [0.2, 0.25) is 0 Å². The fourth-order valence-electron chi connectivity index (χ4n) is 8.17. The third kappa shape index (κ3) is 3.32. The van der Waals surface area contributed by atoms with Crippen LogP contribution < -0.4 is 0 Å². The summed E-state index contributed by atoms with van der Waals surface area (Å²) < 4.78 is 28.5. The Morgan fingerprint density at radius 1 is 1.26 bits per heavy atom. The van der Waals surface area contributed by atoms with Gasteiger partial charge in [0.1, 0.15) is 6.61 Å². The zero-order valence-corrected chi connectivity index (χ0v) is 20.8. The molecular weight excluding hydrogens is 463 g/mol. The molecule has 10 heteroatoms. The zero-order chi connectivity index (χ0) is 24.9. The van der Waals surface area contributed by atoms with E-state index < -0.39 is 54.6 Å². The number of fused-ring (bicyclic) bond motifs is 7. The van der Waals surface area contributed by atoms with E-state index >= 15 is 0 Å². The molecule has 1 aliphatic heterocycles. The summed E-state index contributed by atoms with van der Waals surface area (Å²) in [7, 11) is -4.86. The summed E-state index contributed by atoms with van der Waals surface area (Å²) in [6, 6.07) is 0. The first-order valence-electron chi connectivity index (χ1n) is 11.9. The number of hydrogen-bond donors (Lipinski definition) is 3. The van der Waals surface area contributed by atoms with Crippen LogP contribution in [-0.2, 0) is 28.2 Å². The lowest BCUT2D eigenvalue weighted by molar-refractivity contribution is -0.225. The Balaban J connectivity index is 1.55. The molecule has 1 saturated heterocycles. The van der Waals surface area contributed by atoms with Crippen LogP contribution in [0.25, 0.3) is 0 Å². The van der Waals surface area contributed by atoms with Crippen molar-refractivity contribution in [1.82, 2.24) is 0 Å². The molecule has 0 aromatic heterocycles. The van der Waals surface area contributed by atoms with Gasteiger partial charge in [-0.05, 0) is 63.5 Å². The topological polar surface area (TPSA) is 140 Å². The first-order chi connectivity index (χ1) is 15.6. The molecule has 34 heavy (non-hydrogen) atoms. The van der Waals surface area contributed by atoms with E-state index in [9.17, 15) is 29.0 Å². The molecular formula is C24H33O9P. The molecule has 0 aromatic carbocycles. The Bertz CT molecular complexity index is 1040. The number of ether oxygens (including phenoxy) is 2. The molecule has 0 spiro atoms. The first kappa shape index (κ1) is 24.5. The van der Waals surface area contributed by atoms with Gasteiger partial charge in [0.15, 0.2) is 23.0 Å². The number of Topliss-reactive ketones (excluding diaryl/α,β-unsaturated/α-hetero) is 1. The van der Waals surface area contributed by atoms with Gasteiger partial charge >= 0.3 is 7.82 Å². The molecule has 9 nitrogen and oxygen atoms in total. The van der Waals surface area contributed by atoms with Crippen molar-refractivity contribution in [3.63, 3.8) is 0 Å². The summed E-state index contributed by atoms with van der Waals surface area (Å²) in [5.74, 6) is -1.77. The zero-order valence-electron chi connectivity index (χ0n) is 19.9. The summed E-state index contributed by atoms with van der Waals surface area (Å²) in [6.45, 7) is 6.64. The smallest absolute Gasteiger partial charge is 0.393 e. The molecule has 3 N–H and O–H groups in total. The molecule has 0 bridgehead atoms. The number of ketones is 2. The van der Waals surface area contributed by atoms with Crippen molar-refractivity contribution in [3.05, 3.63) is 23.8 Å². The average molecular weight is 496 g/mol. The van der Waals surface area contributed by atoms with Crippen LogP contribution in [0.3, 0.4) is 0 Å². The highest BCUT2D eigenvalue weighted by Gasteiger charge is 2.76. The third-order valence-electron chi connectivity index (χ3n) is 9.27. The fraction of sp³-hybridized carbons (Fsp3) is 0.750. The molecule has 0 aromatic rings. The lowest BCUT2D eigenvalue weighted by Gasteiger charge is -2.59. The van der Waals surface area contributed by atoms with Gasteiger partial charge in [0, 0.05) is 16.7 Å².